The van der Waals surface area contributed by atoms with E-state index in [1.54, 1.807) is 0 Å². The average molecular weight is 334 g/mol. The van der Waals surface area contributed by atoms with Crippen LogP contribution in [0.1, 0.15) is 32.6 Å². The molecule has 0 aromatic carbocycles. The van der Waals surface area contributed by atoms with Crippen molar-refractivity contribution in [2.75, 3.05) is 0 Å². The Morgan fingerprint density at radius 3 is 1.84 bits per heavy atom. The number of aromatic nitrogens is 4. The zero-order valence-electron chi connectivity index (χ0n) is 15.1. The third kappa shape index (κ3) is 4.69. The van der Waals surface area contributed by atoms with E-state index in [-0.39, 0.29) is 0 Å². The first-order valence-electron chi connectivity index (χ1n) is 9.03. The van der Waals surface area contributed by atoms with Gasteiger partial charge in [-0.3, -0.25) is 9.97 Å². The summed E-state index contributed by atoms with van der Waals surface area (Å²) in [5, 5.41) is 0. The van der Waals surface area contributed by atoms with Crippen LogP contribution in [0.15, 0.2) is 61.4 Å². The lowest BCUT2D eigenvalue weighted by atomic mass is 10.1. The average Bonchev–Trinajstić information content (AvgIpc) is 2.67. The number of aryl methyl sites for hydroxylation is 2. The van der Waals surface area contributed by atoms with Crippen molar-refractivity contribution in [3.05, 3.63) is 61.4 Å². The normalized spacial score (nSPS) is 10.8. The lowest BCUT2D eigenvalue weighted by Gasteiger charge is -2.03. The van der Waals surface area contributed by atoms with Crippen LogP contribution in [0.4, 0.5) is 0 Å². The molecule has 0 bridgehead atoms. The van der Waals surface area contributed by atoms with Crippen molar-refractivity contribution in [3.8, 4) is 22.5 Å². The Bertz CT molecular complexity index is 778. The summed E-state index contributed by atoms with van der Waals surface area (Å²) < 4.78 is 4.25. The van der Waals surface area contributed by atoms with Crippen molar-refractivity contribution in [2.45, 2.75) is 39.2 Å². The standard InChI is InChI=1S/C21H26N4/c1-3-4-5-6-11-25-14-9-19(10-15-25)21-17-22-20(16-23-21)18-7-12-24(2)13-8-18/h7-10,12-17H,3-6,11H2,1-2H3/q+2. The topological polar surface area (TPSA) is 33.5 Å². The molecule has 3 heterocycles. The maximum absolute atomic E-state index is 4.59. The summed E-state index contributed by atoms with van der Waals surface area (Å²) in [7, 11) is 2.00. The van der Waals surface area contributed by atoms with Gasteiger partial charge >= 0.3 is 0 Å². The second-order valence-electron chi connectivity index (χ2n) is 6.42. The minimum absolute atomic E-state index is 0.895. The zero-order valence-corrected chi connectivity index (χ0v) is 15.1. The molecule has 3 aromatic rings. The van der Waals surface area contributed by atoms with Gasteiger partial charge in [-0.25, -0.2) is 9.13 Å². The number of nitrogens with zero attached hydrogens (tertiary/aromatic N) is 4. The molecule has 0 aliphatic heterocycles. The molecule has 3 rings (SSSR count). The number of unbranched alkanes of at least 4 members (excludes halogenated alkanes) is 3. The van der Waals surface area contributed by atoms with Gasteiger partial charge in [0.2, 0.25) is 0 Å². The van der Waals surface area contributed by atoms with E-state index in [9.17, 15) is 0 Å². The monoisotopic (exact) mass is 334 g/mol. The summed E-state index contributed by atoms with van der Waals surface area (Å²) in [6.07, 6.45) is 17.1. The first-order chi connectivity index (χ1) is 12.3. The number of rotatable bonds is 7. The first kappa shape index (κ1) is 17.2. The quantitative estimate of drug-likeness (QED) is 0.489. The Morgan fingerprint density at radius 2 is 1.32 bits per heavy atom. The highest BCUT2D eigenvalue weighted by molar-refractivity contribution is 5.61. The smallest absolute Gasteiger partial charge is 0.169 e. The van der Waals surface area contributed by atoms with Crippen molar-refractivity contribution in [2.24, 2.45) is 7.05 Å². The van der Waals surface area contributed by atoms with E-state index in [4.69, 9.17) is 0 Å². The van der Waals surface area contributed by atoms with Gasteiger partial charge in [0.15, 0.2) is 24.8 Å². The molecule has 3 aromatic heterocycles. The number of hydrogen-bond donors (Lipinski definition) is 0. The summed E-state index contributed by atoms with van der Waals surface area (Å²) in [6.45, 7) is 3.32. The summed E-state index contributed by atoms with van der Waals surface area (Å²) in [5.41, 5.74) is 3.98. The van der Waals surface area contributed by atoms with Crippen molar-refractivity contribution < 1.29 is 9.13 Å². The maximum Gasteiger partial charge on any atom is 0.169 e. The van der Waals surface area contributed by atoms with Crippen LogP contribution in [0.2, 0.25) is 0 Å². The summed E-state index contributed by atoms with van der Waals surface area (Å²) in [5.74, 6) is 0. The molecule has 0 radical (unpaired) electrons. The Kier molecular flexibility index (Phi) is 5.83. The summed E-state index contributed by atoms with van der Waals surface area (Å²) >= 11 is 0. The van der Waals surface area contributed by atoms with Gasteiger partial charge in [-0.05, 0) is 6.42 Å². The highest BCUT2D eigenvalue weighted by atomic mass is 14.9. The van der Waals surface area contributed by atoms with Gasteiger partial charge in [0.05, 0.1) is 23.8 Å². The van der Waals surface area contributed by atoms with Gasteiger partial charge in [-0.15, -0.1) is 0 Å². The molecule has 0 atom stereocenters. The van der Waals surface area contributed by atoms with Crippen LogP contribution in [0.3, 0.4) is 0 Å². The van der Waals surface area contributed by atoms with Crippen LogP contribution in [0.5, 0.6) is 0 Å². The minimum Gasteiger partial charge on any atom is -0.252 e. The summed E-state index contributed by atoms with van der Waals surface area (Å²) in [6, 6.07) is 8.33. The molecule has 0 aliphatic rings. The largest absolute Gasteiger partial charge is 0.252 e. The van der Waals surface area contributed by atoms with E-state index >= 15 is 0 Å². The second-order valence-corrected chi connectivity index (χ2v) is 6.42. The molecule has 25 heavy (non-hydrogen) atoms. The molecule has 4 heteroatoms. The van der Waals surface area contributed by atoms with Gasteiger partial charge in [0.1, 0.15) is 13.6 Å². The molecule has 0 saturated carbocycles. The lowest BCUT2D eigenvalue weighted by molar-refractivity contribution is -0.697. The fraction of sp³-hybridized carbons (Fsp3) is 0.333. The van der Waals surface area contributed by atoms with E-state index < -0.39 is 0 Å². The third-order valence-electron chi connectivity index (χ3n) is 4.38. The van der Waals surface area contributed by atoms with Gasteiger partial charge in [-0.1, -0.05) is 19.8 Å². The zero-order chi connectivity index (χ0) is 17.5. The molecule has 128 valence electrons. The van der Waals surface area contributed by atoms with E-state index in [2.05, 4.69) is 46.0 Å². The van der Waals surface area contributed by atoms with Crippen molar-refractivity contribution in [1.29, 1.82) is 0 Å². The van der Waals surface area contributed by atoms with E-state index in [1.165, 1.54) is 25.7 Å². The van der Waals surface area contributed by atoms with Crippen LogP contribution in [-0.2, 0) is 13.6 Å². The Labute approximate surface area is 149 Å². The fourth-order valence-corrected chi connectivity index (χ4v) is 2.80. The molecular weight excluding hydrogens is 308 g/mol. The maximum atomic E-state index is 4.59. The van der Waals surface area contributed by atoms with Gasteiger partial charge in [0.25, 0.3) is 0 Å². The minimum atomic E-state index is 0.895. The predicted octanol–water partition coefficient (Wildman–Crippen LogP) is 3.50. The predicted molar refractivity (Wildman–Crippen MR) is 98.4 cm³/mol. The lowest BCUT2D eigenvalue weighted by Crippen LogP contribution is -2.32. The highest BCUT2D eigenvalue weighted by Gasteiger charge is 2.06. The van der Waals surface area contributed by atoms with Crippen molar-refractivity contribution in [1.82, 2.24) is 9.97 Å². The van der Waals surface area contributed by atoms with E-state index in [0.29, 0.717) is 0 Å². The van der Waals surface area contributed by atoms with Crippen LogP contribution in [0, 0.1) is 0 Å². The molecule has 0 saturated heterocycles. The Balaban J connectivity index is 1.66. The summed E-state index contributed by atoms with van der Waals surface area (Å²) in [4.78, 5) is 9.15. The van der Waals surface area contributed by atoms with E-state index in [0.717, 1.165) is 29.1 Å². The van der Waals surface area contributed by atoms with Crippen molar-refractivity contribution in [3.63, 3.8) is 0 Å². The molecular formula is C21H26N4+2. The fourth-order valence-electron chi connectivity index (χ4n) is 2.80. The molecule has 0 spiro atoms. The molecule has 0 unspecified atom stereocenters. The number of pyridine rings is 2. The molecule has 0 N–H and O–H groups in total. The second kappa shape index (κ2) is 8.47. The van der Waals surface area contributed by atoms with Crippen LogP contribution < -0.4 is 9.13 Å². The van der Waals surface area contributed by atoms with Crippen LogP contribution in [-0.4, -0.2) is 9.97 Å². The SMILES string of the molecule is CCCCCC[n+]1ccc(-c2cnc(-c3cc[n+](C)cc3)cn2)cc1. The molecule has 4 nitrogen and oxygen atoms in total. The van der Waals surface area contributed by atoms with E-state index in [1.807, 2.05) is 48.5 Å². The van der Waals surface area contributed by atoms with Crippen LogP contribution in [0.25, 0.3) is 22.5 Å². The Hall–Kier alpha value is -2.62. The molecule has 0 amide bonds. The Morgan fingerprint density at radius 1 is 0.760 bits per heavy atom. The molecule has 0 fully saturated rings. The molecule has 0 aliphatic carbocycles. The van der Waals surface area contributed by atoms with Gasteiger partial charge in [0, 0.05) is 41.8 Å². The van der Waals surface area contributed by atoms with Gasteiger partial charge in [-0.2, -0.15) is 0 Å². The third-order valence-corrected chi connectivity index (χ3v) is 4.38. The number of hydrogen-bond acceptors (Lipinski definition) is 2. The van der Waals surface area contributed by atoms with Gasteiger partial charge < -0.3 is 0 Å². The van der Waals surface area contributed by atoms with Crippen molar-refractivity contribution >= 4 is 0 Å². The van der Waals surface area contributed by atoms with Crippen LogP contribution >= 0.6 is 0 Å². The first-order valence-corrected chi connectivity index (χ1v) is 9.03. The highest BCUT2D eigenvalue weighted by Crippen LogP contribution is 2.18.